The first-order chi connectivity index (χ1) is 12.2. The maximum Gasteiger partial charge on any atom is 0.416 e. The Morgan fingerprint density at radius 3 is 2.50 bits per heavy atom. The summed E-state index contributed by atoms with van der Waals surface area (Å²) >= 11 is 0. The SMILES string of the molecule is CC(NC(=O)c1ccccc1OCC(N)=O)c1cccc(C(F)(F)F)c1. The van der Waals surface area contributed by atoms with Crippen molar-refractivity contribution in [2.45, 2.75) is 19.1 Å². The third-order valence-corrected chi connectivity index (χ3v) is 3.56. The van der Waals surface area contributed by atoms with Gasteiger partial charge in [0.15, 0.2) is 6.61 Å². The van der Waals surface area contributed by atoms with Crippen LogP contribution in [0.3, 0.4) is 0 Å². The van der Waals surface area contributed by atoms with E-state index in [1.54, 1.807) is 19.1 Å². The van der Waals surface area contributed by atoms with Crippen molar-refractivity contribution in [1.82, 2.24) is 5.32 Å². The number of hydrogen-bond acceptors (Lipinski definition) is 3. The number of para-hydroxylation sites is 1. The van der Waals surface area contributed by atoms with E-state index < -0.39 is 36.2 Å². The van der Waals surface area contributed by atoms with Gasteiger partial charge in [-0.15, -0.1) is 0 Å². The van der Waals surface area contributed by atoms with Gasteiger partial charge in [-0.1, -0.05) is 24.3 Å². The number of ether oxygens (including phenoxy) is 1. The number of carbonyl (C=O) groups excluding carboxylic acids is 2. The number of halogens is 3. The molecule has 1 unspecified atom stereocenters. The third-order valence-electron chi connectivity index (χ3n) is 3.56. The molecule has 0 aliphatic rings. The number of alkyl halides is 3. The Hall–Kier alpha value is -3.03. The minimum absolute atomic E-state index is 0.146. The second-order valence-corrected chi connectivity index (χ2v) is 5.57. The maximum atomic E-state index is 12.8. The Labute approximate surface area is 148 Å². The van der Waals surface area contributed by atoms with Gasteiger partial charge in [-0.05, 0) is 36.8 Å². The van der Waals surface area contributed by atoms with Gasteiger partial charge in [0.05, 0.1) is 17.2 Å². The van der Waals surface area contributed by atoms with Crippen molar-refractivity contribution >= 4 is 11.8 Å². The van der Waals surface area contributed by atoms with Crippen LogP contribution in [0.5, 0.6) is 5.75 Å². The van der Waals surface area contributed by atoms with Crippen LogP contribution >= 0.6 is 0 Å². The second-order valence-electron chi connectivity index (χ2n) is 5.57. The molecule has 0 heterocycles. The Balaban J connectivity index is 2.16. The monoisotopic (exact) mass is 366 g/mol. The number of primary amides is 1. The average molecular weight is 366 g/mol. The van der Waals surface area contributed by atoms with Crippen molar-refractivity contribution in [2.75, 3.05) is 6.61 Å². The molecule has 0 fully saturated rings. The third kappa shape index (κ3) is 4.98. The molecular formula is C18H17F3N2O3. The Morgan fingerprint density at radius 2 is 1.85 bits per heavy atom. The van der Waals surface area contributed by atoms with Gasteiger partial charge in [-0.25, -0.2) is 0 Å². The fourth-order valence-electron chi connectivity index (χ4n) is 2.27. The van der Waals surface area contributed by atoms with Crippen molar-refractivity contribution in [3.05, 3.63) is 65.2 Å². The molecule has 8 heteroatoms. The summed E-state index contributed by atoms with van der Waals surface area (Å²) in [6.07, 6.45) is -4.46. The smallest absolute Gasteiger partial charge is 0.416 e. The molecule has 2 rings (SSSR count). The lowest BCUT2D eigenvalue weighted by molar-refractivity contribution is -0.137. The fourth-order valence-corrected chi connectivity index (χ4v) is 2.27. The summed E-state index contributed by atoms with van der Waals surface area (Å²) in [6.45, 7) is 1.17. The predicted molar refractivity (Wildman–Crippen MR) is 88.5 cm³/mol. The number of nitrogens with two attached hydrogens (primary N) is 1. The highest BCUT2D eigenvalue weighted by Gasteiger charge is 2.30. The van der Waals surface area contributed by atoms with Crippen LogP contribution in [-0.2, 0) is 11.0 Å². The molecule has 1 atom stereocenters. The quantitative estimate of drug-likeness (QED) is 0.824. The summed E-state index contributed by atoms with van der Waals surface area (Å²) in [5.74, 6) is -1.09. The molecule has 0 saturated carbocycles. The Morgan fingerprint density at radius 1 is 1.15 bits per heavy atom. The molecule has 0 spiro atoms. The van der Waals surface area contributed by atoms with Gasteiger partial charge < -0.3 is 15.8 Å². The average Bonchev–Trinajstić information content (AvgIpc) is 2.59. The van der Waals surface area contributed by atoms with Crippen LogP contribution in [-0.4, -0.2) is 18.4 Å². The zero-order valence-corrected chi connectivity index (χ0v) is 13.8. The molecule has 0 aliphatic heterocycles. The van der Waals surface area contributed by atoms with Gasteiger partial charge in [0.25, 0.3) is 11.8 Å². The van der Waals surface area contributed by atoms with E-state index in [-0.39, 0.29) is 11.3 Å². The van der Waals surface area contributed by atoms with Gasteiger partial charge in [0.2, 0.25) is 0 Å². The largest absolute Gasteiger partial charge is 0.483 e. The van der Waals surface area contributed by atoms with E-state index in [0.29, 0.717) is 5.56 Å². The number of carbonyl (C=O) groups is 2. The molecule has 2 amide bonds. The summed E-state index contributed by atoms with van der Waals surface area (Å²) in [4.78, 5) is 23.3. The van der Waals surface area contributed by atoms with Crippen molar-refractivity contribution in [2.24, 2.45) is 5.73 Å². The van der Waals surface area contributed by atoms with Crippen LogP contribution in [0, 0.1) is 0 Å². The predicted octanol–water partition coefficient (Wildman–Crippen LogP) is 3.06. The van der Waals surface area contributed by atoms with Crippen molar-refractivity contribution in [3.8, 4) is 5.75 Å². The van der Waals surface area contributed by atoms with Crippen LogP contribution in [0.1, 0.15) is 34.5 Å². The summed E-state index contributed by atoms with van der Waals surface area (Å²) in [5.41, 5.74) is 4.68. The van der Waals surface area contributed by atoms with Gasteiger partial charge in [-0.3, -0.25) is 9.59 Å². The van der Waals surface area contributed by atoms with E-state index in [9.17, 15) is 22.8 Å². The molecule has 0 radical (unpaired) electrons. The van der Waals surface area contributed by atoms with E-state index in [0.717, 1.165) is 12.1 Å². The first-order valence-electron chi connectivity index (χ1n) is 7.66. The van der Waals surface area contributed by atoms with Crippen LogP contribution in [0.2, 0.25) is 0 Å². The van der Waals surface area contributed by atoms with E-state index >= 15 is 0 Å². The summed E-state index contributed by atoms with van der Waals surface area (Å²) in [6, 6.07) is 10.2. The molecule has 0 saturated heterocycles. The first kappa shape index (κ1) is 19.3. The number of amides is 2. The van der Waals surface area contributed by atoms with E-state index in [4.69, 9.17) is 10.5 Å². The van der Waals surface area contributed by atoms with E-state index in [1.807, 2.05) is 0 Å². The Kier molecular flexibility index (Phi) is 5.86. The van der Waals surface area contributed by atoms with Gasteiger partial charge in [0.1, 0.15) is 5.75 Å². The molecule has 138 valence electrons. The molecule has 5 nitrogen and oxygen atoms in total. The topological polar surface area (TPSA) is 81.4 Å². The molecule has 0 aromatic heterocycles. The maximum absolute atomic E-state index is 12.8. The molecule has 0 bridgehead atoms. The normalized spacial score (nSPS) is 12.3. The highest BCUT2D eigenvalue weighted by Crippen LogP contribution is 2.30. The Bertz CT molecular complexity index is 806. The van der Waals surface area contributed by atoms with Crippen LogP contribution in [0.4, 0.5) is 13.2 Å². The van der Waals surface area contributed by atoms with E-state index in [1.165, 1.54) is 24.3 Å². The molecule has 3 N–H and O–H groups in total. The highest BCUT2D eigenvalue weighted by atomic mass is 19.4. The van der Waals surface area contributed by atoms with Crippen LogP contribution in [0.15, 0.2) is 48.5 Å². The van der Waals surface area contributed by atoms with Crippen LogP contribution < -0.4 is 15.8 Å². The molecular weight excluding hydrogens is 349 g/mol. The molecule has 26 heavy (non-hydrogen) atoms. The lowest BCUT2D eigenvalue weighted by Gasteiger charge is -2.17. The molecule has 0 aliphatic carbocycles. The van der Waals surface area contributed by atoms with Crippen molar-refractivity contribution in [3.63, 3.8) is 0 Å². The lowest BCUT2D eigenvalue weighted by atomic mass is 10.0. The number of rotatable bonds is 6. The zero-order chi connectivity index (χ0) is 19.3. The number of nitrogens with one attached hydrogen (secondary N) is 1. The van der Waals surface area contributed by atoms with Gasteiger partial charge >= 0.3 is 6.18 Å². The summed E-state index contributed by atoms with van der Waals surface area (Å²) in [7, 11) is 0. The van der Waals surface area contributed by atoms with Crippen molar-refractivity contribution < 1.29 is 27.5 Å². The fraction of sp³-hybridized carbons (Fsp3) is 0.222. The second kappa shape index (κ2) is 7.90. The van der Waals surface area contributed by atoms with Crippen LogP contribution in [0.25, 0.3) is 0 Å². The van der Waals surface area contributed by atoms with Gasteiger partial charge in [-0.2, -0.15) is 13.2 Å². The molecule has 2 aromatic carbocycles. The first-order valence-corrected chi connectivity index (χ1v) is 7.66. The van der Waals surface area contributed by atoms with Gasteiger partial charge in [0, 0.05) is 0 Å². The minimum atomic E-state index is -4.46. The van der Waals surface area contributed by atoms with E-state index in [2.05, 4.69) is 5.32 Å². The minimum Gasteiger partial charge on any atom is -0.483 e. The van der Waals surface area contributed by atoms with Crippen molar-refractivity contribution in [1.29, 1.82) is 0 Å². The highest BCUT2D eigenvalue weighted by molar-refractivity contribution is 5.97. The summed E-state index contributed by atoms with van der Waals surface area (Å²) < 4.78 is 43.6. The molecule has 2 aromatic rings. The standard InChI is InChI=1S/C18H17F3N2O3/c1-11(12-5-4-6-13(9-12)18(19,20)21)23-17(25)14-7-2-3-8-15(14)26-10-16(22)24/h2-9,11H,10H2,1H3,(H2,22,24)(H,23,25). The number of hydrogen-bond donors (Lipinski definition) is 2. The number of benzene rings is 2. The zero-order valence-electron chi connectivity index (χ0n) is 13.8. The lowest BCUT2D eigenvalue weighted by Crippen LogP contribution is -2.28. The summed E-state index contributed by atoms with van der Waals surface area (Å²) in [5, 5.41) is 2.62.